The number of pyridine rings is 1. The first-order chi connectivity index (χ1) is 14.5. The molecule has 3 aromatic rings. The van der Waals surface area contributed by atoms with Crippen molar-refractivity contribution in [2.24, 2.45) is 7.05 Å². The number of imidazole rings is 1. The van der Waals surface area contributed by atoms with Gasteiger partial charge in [-0.25, -0.2) is 15.0 Å². The molecular weight excluding hydrogens is 457 g/mol. The Morgan fingerprint density at radius 2 is 1.87 bits per heavy atom. The van der Waals surface area contributed by atoms with Crippen LogP contribution in [0.25, 0.3) is 0 Å². The number of hydrogen-bond acceptors (Lipinski definition) is 6. The number of alkyl halides is 3. The Kier molecular flexibility index (Phi) is 6.32. The zero-order valence-electron chi connectivity index (χ0n) is 16.4. The van der Waals surface area contributed by atoms with Gasteiger partial charge >= 0.3 is 6.18 Å². The zero-order valence-corrected chi connectivity index (χ0v) is 18.0. The normalized spacial score (nSPS) is 12.5. The summed E-state index contributed by atoms with van der Waals surface area (Å²) in [6, 6.07) is 0.140. The Hall–Kier alpha value is -2.99. The molecule has 3 rings (SSSR count). The second kappa shape index (κ2) is 8.63. The molecule has 0 aromatic carbocycles. The van der Waals surface area contributed by atoms with Gasteiger partial charge in [-0.05, 0) is 19.9 Å². The Balaban J connectivity index is 1.69. The molecule has 0 saturated carbocycles. The molecule has 13 heteroatoms. The van der Waals surface area contributed by atoms with E-state index in [1.54, 1.807) is 25.5 Å². The van der Waals surface area contributed by atoms with E-state index in [9.17, 15) is 22.8 Å². The topological polar surface area (TPSA) is 102 Å². The molecule has 3 aromatic heterocycles. The van der Waals surface area contributed by atoms with Crippen molar-refractivity contribution in [3.63, 3.8) is 0 Å². The highest BCUT2D eigenvalue weighted by Crippen LogP contribution is 2.35. The Morgan fingerprint density at radius 3 is 2.48 bits per heavy atom. The monoisotopic (exact) mass is 472 g/mol. The number of hydrogen-bond donors (Lipinski definition) is 2. The van der Waals surface area contributed by atoms with Gasteiger partial charge in [0.25, 0.3) is 11.8 Å². The number of carbonyl (C=O) groups is 2. The van der Waals surface area contributed by atoms with Crippen LogP contribution in [0.1, 0.15) is 49.5 Å². The molecule has 8 nitrogen and oxygen atoms in total. The van der Waals surface area contributed by atoms with Crippen LogP contribution in [0.4, 0.5) is 19.0 Å². The summed E-state index contributed by atoms with van der Waals surface area (Å²) in [7, 11) is 1.71. The predicted molar refractivity (Wildman–Crippen MR) is 108 cm³/mol. The first-order valence-electron chi connectivity index (χ1n) is 8.76. The summed E-state index contributed by atoms with van der Waals surface area (Å²) in [5.41, 5.74) is -0.737. The van der Waals surface area contributed by atoms with E-state index in [0.717, 1.165) is 17.5 Å². The van der Waals surface area contributed by atoms with E-state index < -0.39 is 28.7 Å². The molecule has 0 fully saturated rings. The van der Waals surface area contributed by atoms with Gasteiger partial charge in [0.2, 0.25) is 0 Å². The lowest BCUT2D eigenvalue weighted by Crippen LogP contribution is -2.28. The third kappa shape index (κ3) is 5.02. The van der Waals surface area contributed by atoms with Crippen molar-refractivity contribution in [2.45, 2.75) is 26.1 Å². The molecule has 0 spiro atoms. The van der Waals surface area contributed by atoms with Crippen LogP contribution >= 0.6 is 22.9 Å². The van der Waals surface area contributed by atoms with Crippen LogP contribution in [0.5, 0.6) is 0 Å². The van der Waals surface area contributed by atoms with E-state index in [1.165, 1.54) is 12.4 Å². The fraction of sp³-hybridized carbons (Fsp3) is 0.278. The second-order valence-corrected chi connectivity index (χ2v) is 7.98. The van der Waals surface area contributed by atoms with Gasteiger partial charge in [-0.1, -0.05) is 11.6 Å². The van der Waals surface area contributed by atoms with Crippen LogP contribution in [0.2, 0.25) is 5.02 Å². The smallest absolute Gasteiger partial charge is 0.342 e. The number of amides is 2. The van der Waals surface area contributed by atoms with E-state index in [0.29, 0.717) is 22.6 Å². The van der Waals surface area contributed by atoms with E-state index in [2.05, 4.69) is 25.6 Å². The van der Waals surface area contributed by atoms with Crippen molar-refractivity contribution in [2.75, 3.05) is 5.32 Å². The van der Waals surface area contributed by atoms with Crippen LogP contribution in [0.15, 0.2) is 24.7 Å². The Morgan fingerprint density at radius 1 is 1.16 bits per heavy atom. The number of nitrogens with one attached hydrogen (secondary N) is 2. The molecule has 1 atom stereocenters. The lowest BCUT2D eigenvalue weighted by Gasteiger charge is -2.11. The number of rotatable bonds is 5. The van der Waals surface area contributed by atoms with E-state index in [4.69, 9.17) is 11.6 Å². The zero-order chi connectivity index (χ0) is 22.9. The largest absolute Gasteiger partial charge is 0.418 e. The van der Waals surface area contributed by atoms with Crippen molar-refractivity contribution in [1.29, 1.82) is 0 Å². The van der Waals surface area contributed by atoms with Gasteiger partial charge in [0.1, 0.15) is 27.2 Å². The van der Waals surface area contributed by atoms with Crippen molar-refractivity contribution < 1.29 is 22.8 Å². The van der Waals surface area contributed by atoms with Gasteiger partial charge in [0.05, 0.1) is 29.0 Å². The minimum absolute atomic E-state index is 0.137. The number of thiazole rings is 1. The van der Waals surface area contributed by atoms with Crippen molar-refractivity contribution in [3.05, 3.63) is 56.6 Å². The highest BCUT2D eigenvalue weighted by molar-refractivity contribution is 7.13. The maximum Gasteiger partial charge on any atom is 0.418 e. The molecule has 0 saturated heterocycles. The third-order valence-corrected chi connectivity index (χ3v) is 5.80. The molecular formula is C18H16ClF3N6O2S. The van der Waals surface area contributed by atoms with Crippen molar-refractivity contribution in [3.8, 4) is 0 Å². The van der Waals surface area contributed by atoms with E-state index in [-0.39, 0.29) is 16.6 Å². The van der Waals surface area contributed by atoms with Gasteiger partial charge in [0.15, 0.2) is 0 Å². The average Bonchev–Trinajstić information content (AvgIpc) is 3.30. The van der Waals surface area contributed by atoms with E-state index >= 15 is 0 Å². The van der Waals surface area contributed by atoms with Crippen LogP contribution in [-0.2, 0) is 13.2 Å². The van der Waals surface area contributed by atoms with Gasteiger partial charge in [-0.3, -0.25) is 9.59 Å². The fourth-order valence-electron chi connectivity index (χ4n) is 2.54. The summed E-state index contributed by atoms with van der Waals surface area (Å²) in [6.07, 6.45) is -1.15. The molecule has 31 heavy (non-hydrogen) atoms. The highest BCUT2D eigenvalue weighted by Gasteiger charge is 2.34. The first-order valence-corrected chi connectivity index (χ1v) is 9.95. The number of carbonyl (C=O) groups excluding carboxylic acids is 2. The van der Waals surface area contributed by atoms with Crippen molar-refractivity contribution >= 4 is 40.6 Å². The SMILES string of the molecule is Cc1ncc(C(=O)NC(C)c2ncc(C(=O)Nc3cc(C(F)(F)F)c(Cl)cn3)s2)n1C. The van der Waals surface area contributed by atoms with Gasteiger partial charge in [-0.15, -0.1) is 11.3 Å². The number of anilines is 1. The molecule has 164 valence electrons. The molecule has 2 N–H and O–H groups in total. The summed E-state index contributed by atoms with van der Waals surface area (Å²) >= 11 is 6.52. The number of aromatic nitrogens is 4. The summed E-state index contributed by atoms with van der Waals surface area (Å²) < 4.78 is 40.5. The summed E-state index contributed by atoms with van der Waals surface area (Å²) in [6.45, 7) is 3.46. The second-order valence-electron chi connectivity index (χ2n) is 6.51. The van der Waals surface area contributed by atoms with Crippen LogP contribution in [0.3, 0.4) is 0 Å². The number of aryl methyl sites for hydroxylation is 1. The quantitative estimate of drug-likeness (QED) is 0.584. The van der Waals surface area contributed by atoms with Crippen LogP contribution in [0, 0.1) is 6.92 Å². The third-order valence-electron chi connectivity index (χ3n) is 4.32. The Bertz CT molecular complexity index is 1140. The molecule has 3 heterocycles. The maximum atomic E-state index is 13.0. The molecule has 0 aliphatic rings. The van der Waals surface area contributed by atoms with Gasteiger partial charge < -0.3 is 15.2 Å². The highest BCUT2D eigenvalue weighted by atomic mass is 35.5. The number of nitrogens with zero attached hydrogens (tertiary/aromatic N) is 4. The van der Waals surface area contributed by atoms with Crippen LogP contribution < -0.4 is 10.6 Å². The lowest BCUT2D eigenvalue weighted by molar-refractivity contribution is -0.137. The molecule has 0 radical (unpaired) electrons. The minimum atomic E-state index is -4.68. The molecule has 0 aliphatic carbocycles. The maximum absolute atomic E-state index is 13.0. The molecule has 1 unspecified atom stereocenters. The molecule has 0 bridgehead atoms. The van der Waals surface area contributed by atoms with Crippen molar-refractivity contribution in [1.82, 2.24) is 24.8 Å². The summed E-state index contributed by atoms with van der Waals surface area (Å²) in [5.74, 6) is -0.672. The molecule has 2 amide bonds. The minimum Gasteiger partial charge on any atom is -0.342 e. The van der Waals surface area contributed by atoms with Crippen LogP contribution in [-0.4, -0.2) is 31.3 Å². The van der Waals surface area contributed by atoms with Gasteiger partial charge in [-0.2, -0.15) is 13.2 Å². The first kappa shape index (κ1) is 22.7. The standard InChI is InChI=1S/C18H16ClF3N6O2S/c1-8(26-15(29)12-6-23-9(2)28(12)3)17-25-7-13(31-17)16(30)27-14-4-10(18(20,21)22)11(19)5-24-14/h4-8H,1-3H3,(H,26,29)(H,24,27,30). The lowest BCUT2D eigenvalue weighted by atomic mass is 10.2. The summed E-state index contributed by atoms with van der Waals surface area (Å²) in [5, 5.41) is 4.92. The predicted octanol–water partition coefficient (Wildman–Crippen LogP) is 4.00. The summed E-state index contributed by atoms with van der Waals surface area (Å²) in [4.78, 5) is 36.8. The fourth-order valence-corrected chi connectivity index (χ4v) is 3.57. The molecule has 0 aliphatic heterocycles. The average molecular weight is 473 g/mol. The van der Waals surface area contributed by atoms with Gasteiger partial charge in [0, 0.05) is 13.2 Å². The number of halogens is 4. The van der Waals surface area contributed by atoms with E-state index in [1.807, 2.05) is 0 Å². The Labute approximate surface area is 183 Å².